The zero-order chi connectivity index (χ0) is 14.3. The molecule has 0 aliphatic rings. The molecule has 0 spiro atoms. The molecular formula is C13H19NO5. The number of methoxy groups -OCH3 is 1. The van der Waals surface area contributed by atoms with Crippen LogP contribution in [0.3, 0.4) is 0 Å². The predicted octanol–water partition coefficient (Wildman–Crippen LogP) is -0.0665. The maximum atomic E-state index is 11.5. The number of rotatable bonds is 7. The smallest absolute Gasteiger partial charge is 0.258 e. The van der Waals surface area contributed by atoms with Gasteiger partial charge in [-0.25, -0.2) is 0 Å². The quantitative estimate of drug-likeness (QED) is 0.645. The van der Waals surface area contributed by atoms with Crippen molar-refractivity contribution in [1.82, 2.24) is 5.32 Å². The minimum atomic E-state index is -1.33. The topological polar surface area (TPSA) is 88.0 Å². The van der Waals surface area contributed by atoms with Gasteiger partial charge in [0.05, 0.1) is 13.7 Å². The number of carbonyl (C=O) groups is 1. The van der Waals surface area contributed by atoms with Crippen molar-refractivity contribution in [3.8, 4) is 11.5 Å². The third kappa shape index (κ3) is 5.15. The molecule has 0 radical (unpaired) electrons. The predicted molar refractivity (Wildman–Crippen MR) is 69.2 cm³/mol. The van der Waals surface area contributed by atoms with Crippen LogP contribution in [0, 0.1) is 0 Å². The Morgan fingerprint density at radius 1 is 1.37 bits per heavy atom. The Bertz CT molecular complexity index is 419. The van der Waals surface area contributed by atoms with E-state index in [4.69, 9.17) is 14.6 Å². The number of nitrogens with one attached hydrogen (secondary N) is 1. The number of hydrogen-bond acceptors (Lipinski definition) is 5. The van der Waals surface area contributed by atoms with Gasteiger partial charge < -0.3 is 25.0 Å². The number of amides is 1. The number of ether oxygens (including phenoxy) is 2. The van der Waals surface area contributed by atoms with Crippen molar-refractivity contribution in [2.45, 2.75) is 12.5 Å². The van der Waals surface area contributed by atoms with Gasteiger partial charge in [0.2, 0.25) is 0 Å². The Hall–Kier alpha value is -1.79. The first-order valence-corrected chi connectivity index (χ1v) is 5.84. The lowest BCUT2D eigenvalue weighted by molar-refractivity contribution is -0.124. The van der Waals surface area contributed by atoms with Gasteiger partial charge in [-0.3, -0.25) is 4.79 Å². The number of hydrogen-bond donors (Lipinski definition) is 3. The van der Waals surface area contributed by atoms with E-state index in [9.17, 15) is 9.90 Å². The maximum absolute atomic E-state index is 11.5. The van der Waals surface area contributed by atoms with E-state index in [-0.39, 0.29) is 19.1 Å². The molecule has 19 heavy (non-hydrogen) atoms. The highest BCUT2D eigenvalue weighted by atomic mass is 16.5. The SMILES string of the molecule is COc1ccccc1OCC(=O)NCC(C)(O)CO. The highest BCUT2D eigenvalue weighted by Crippen LogP contribution is 2.25. The Morgan fingerprint density at radius 2 is 2.00 bits per heavy atom. The van der Waals surface area contributed by atoms with E-state index in [0.29, 0.717) is 11.5 Å². The van der Waals surface area contributed by atoms with Crippen LogP contribution >= 0.6 is 0 Å². The molecule has 3 N–H and O–H groups in total. The molecule has 0 aromatic heterocycles. The molecule has 0 bridgehead atoms. The van der Waals surface area contributed by atoms with E-state index in [1.165, 1.54) is 14.0 Å². The van der Waals surface area contributed by atoms with E-state index >= 15 is 0 Å². The van der Waals surface area contributed by atoms with Crippen LogP contribution in [0.25, 0.3) is 0 Å². The molecule has 0 aliphatic heterocycles. The zero-order valence-corrected chi connectivity index (χ0v) is 11.0. The van der Waals surface area contributed by atoms with Gasteiger partial charge >= 0.3 is 0 Å². The van der Waals surface area contributed by atoms with Crippen LogP contribution in [0.1, 0.15) is 6.92 Å². The Kier molecular flexibility index (Phi) is 5.59. The summed E-state index contributed by atoms with van der Waals surface area (Å²) in [5.41, 5.74) is -1.33. The molecule has 6 nitrogen and oxygen atoms in total. The number of aliphatic hydroxyl groups is 2. The lowest BCUT2D eigenvalue weighted by Gasteiger charge is -2.20. The van der Waals surface area contributed by atoms with E-state index in [0.717, 1.165) is 0 Å². The summed E-state index contributed by atoms with van der Waals surface area (Å²) in [5.74, 6) is 0.617. The molecule has 0 fully saturated rings. The number of aliphatic hydroxyl groups excluding tert-OH is 1. The van der Waals surface area contributed by atoms with Crippen LogP contribution in [0.5, 0.6) is 11.5 Å². The van der Waals surface area contributed by atoms with E-state index < -0.39 is 12.2 Å². The Labute approximate surface area is 112 Å². The largest absolute Gasteiger partial charge is 0.493 e. The number of para-hydroxylation sites is 2. The minimum Gasteiger partial charge on any atom is -0.493 e. The first-order valence-electron chi connectivity index (χ1n) is 5.84. The zero-order valence-electron chi connectivity index (χ0n) is 11.0. The van der Waals surface area contributed by atoms with Gasteiger partial charge in [-0.05, 0) is 19.1 Å². The minimum absolute atomic E-state index is 0.0440. The molecule has 0 aliphatic carbocycles. The second kappa shape index (κ2) is 6.96. The van der Waals surface area contributed by atoms with Crippen LogP contribution in [0.15, 0.2) is 24.3 Å². The summed E-state index contributed by atoms with van der Waals surface area (Å²) in [6.07, 6.45) is 0. The molecule has 0 saturated carbocycles. The second-order valence-electron chi connectivity index (χ2n) is 4.37. The fraction of sp³-hybridized carbons (Fsp3) is 0.462. The van der Waals surface area contributed by atoms with Gasteiger partial charge in [-0.2, -0.15) is 0 Å². The van der Waals surface area contributed by atoms with Gasteiger partial charge in [-0.1, -0.05) is 12.1 Å². The van der Waals surface area contributed by atoms with Gasteiger partial charge in [0.1, 0.15) is 5.60 Å². The number of benzene rings is 1. The van der Waals surface area contributed by atoms with Crippen LogP contribution < -0.4 is 14.8 Å². The summed E-state index contributed by atoms with van der Waals surface area (Å²) in [7, 11) is 1.51. The lowest BCUT2D eigenvalue weighted by Crippen LogP contribution is -2.44. The summed E-state index contributed by atoms with van der Waals surface area (Å²) in [5, 5.41) is 20.8. The summed E-state index contributed by atoms with van der Waals surface area (Å²) in [6, 6.07) is 6.98. The highest BCUT2D eigenvalue weighted by molar-refractivity contribution is 5.77. The van der Waals surface area contributed by atoms with Crippen molar-refractivity contribution in [2.75, 3.05) is 26.9 Å². The van der Waals surface area contributed by atoms with Crippen molar-refractivity contribution in [3.63, 3.8) is 0 Å². The fourth-order valence-electron chi connectivity index (χ4n) is 1.28. The normalized spacial score (nSPS) is 13.5. The lowest BCUT2D eigenvalue weighted by atomic mass is 10.1. The van der Waals surface area contributed by atoms with Crippen molar-refractivity contribution in [3.05, 3.63) is 24.3 Å². The molecule has 1 rings (SSSR count). The summed E-state index contributed by atoms with van der Waals surface area (Å²) in [4.78, 5) is 11.5. The Balaban J connectivity index is 2.42. The standard InChI is InChI=1S/C13H19NO5/c1-13(17,9-15)8-14-12(16)7-19-11-6-4-3-5-10(11)18-2/h3-6,15,17H,7-9H2,1-2H3,(H,14,16). The first-order chi connectivity index (χ1) is 8.98. The van der Waals surface area contributed by atoms with Crippen LogP contribution in [-0.4, -0.2) is 48.6 Å². The van der Waals surface area contributed by atoms with Crippen molar-refractivity contribution >= 4 is 5.91 Å². The van der Waals surface area contributed by atoms with Crippen LogP contribution in [-0.2, 0) is 4.79 Å². The average Bonchev–Trinajstić information content (AvgIpc) is 2.43. The van der Waals surface area contributed by atoms with Crippen molar-refractivity contribution < 1.29 is 24.5 Å². The third-order valence-corrected chi connectivity index (χ3v) is 2.43. The van der Waals surface area contributed by atoms with Gasteiger partial charge in [0.25, 0.3) is 5.91 Å². The van der Waals surface area contributed by atoms with Crippen molar-refractivity contribution in [2.24, 2.45) is 0 Å². The Morgan fingerprint density at radius 3 is 2.58 bits per heavy atom. The molecule has 0 heterocycles. The molecule has 1 aromatic carbocycles. The van der Waals surface area contributed by atoms with E-state index in [1.807, 2.05) is 0 Å². The monoisotopic (exact) mass is 269 g/mol. The summed E-state index contributed by atoms with van der Waals surface area (Å²) >= 11 is 0. The molecule has 0 saturated heterocycles. The number of carbonyl (C=O) groups excluding carboxylic acids is 1. The molecule has 106 valence electrons. The molecule has 1 aromatic rings. The molecular weight excluding hydrogens is 250 g/mol. The summed E-state index contributed by atoms with van der Waals surface area (Å²) < 4.78 is 10.4. The van der Waals surface area contributed by atoms with Gasteiger partial charge in [-0.15, -0.1) is 0 Å². The molecule has 1 amide bonds. The third-order valence-electron chi connectivity index (χ3n) is 2.43. The first kappa shape index (κ1) is 15.3. The summed E-state index contributed by atoms with van der Waals surface area (Å²) in [6.45, 7) is 0.758. The van der Waals surface area contributed by atoms with Crippen LogP contribution in [0.4, 0.5) is 0 Å². The van der Waals surface area contributed by atoms with Gasteiger partial charge in [0, 0.05) is 6.54 Å². The van der Waals surface area contributed by atoms with Gasteiger partial charge in [0.15, 0.2) is 18.1 Å². The van der Waals surface area contributed by atoms with Crippen molar-refractivity contribution in [1.29, 1.82) is 0 Å². The highest BCUT2D eigenvalue weighted by Gasteiger charge is 2.19. The van der Waals surface area contributed by atoms with Crippen LogP contribution in [0.2, 0.25) is 0 Å². The molecule has 6 heteroatoms. The fourth-order valence-corrected chi connectivity index (χ4v) is 1.28. The van der Waals surface area contributed by atoms with E-state index in [1.54, 1.807) is 24.3 Å². The average molecular weight is 269 g/mol. The maximum Gasteiger partial charge on any atom is 0.258 e. The molecule has 1 atom stereocenters. The van der Waals surface area contributed by atoms with E-state index in [2.05, 4.69) is 5.32 Å². The second-order valence-corrected chi connectivity index (χ2v) is 4.37. The molecule has 1 unspecified atom stereocenters.